The van der Waals surface area contributed by atoms with E-state index in [0.29, 0.717) is 17.8 Å². The van der Waals surface area contributed by atoms with Gasteiger partial charge in [0, 0.05) is 19.3 Å². The molecule has 96 valence electrons. The summed E-state index contributed by atoms with van der Waals surface area (Å²) in [6.45, 7) is 0.609. The fourth-order valence-electron chi connectivity index (χ4n) is 2.61. The first-order valence-corrected chi connectivity index (χ1v) is 6.27. The van der Waals surface area contributed by atoms with E-state index in [2.05, 4.69) is 0 Å². The van der Waals surface area contributed by atoms with Gasteiger partial charge in [-0.3, -0.25) is 0 Å². The highest BCUT2D eigenvalue weighted by atomic mass is 16.3. The molecule has 0 unspecified atom stereocenters. The van der Waals surface area contributed by atoms with Gasteiger partial charge in [0.1, 0.15) is 6.07 Å². The van der Waals surface area contributed by atoms with Crippen LogP contribution in [-0.4, -0.2) is 24.3 Å². The third-order valence-electron chi connectivity index (χ3n) is 3.66. The van der Waals surface area contributed by atoms with Crippen LogP contribution in [0.15, 0.2) is 18.2 Å². The monoisotopic (exact) mass is 245 g/mol. The van der Waals surface area contributed by atoms with Crippen LogP contribution in [0.25, 0.3) is 0 Å². The van der Waals surface area contributed by atoms with Gasteiger partial charge in [-0.15, -0.1) is 0 Å². The number of rotatable bonds is 3. The Labute approximate surface area is 108 Å². The Morgan fingerprint density at radius 1 is 1.44 bits per heavy atom. The zero-order valence-electron chi connectivity index (χ0n) is 10.7. The molecule has 0 saturated heterocycles. The van der Waals surface area contributed by atoms with E-state index in [-0.39, 0.29) is 0 Å². The van der Waals surface area contributed by atoms with E-state index in [9.17, 15) is 5.11 Å². The maximum atomic E-state index is 10.4. The summed E-state index contributed by atoms with van der Waals surface area (Å²) in [4.78, 5) is 2.00. The first kappa shape index (κ1) is 12.7. The molecule has 0 aliphatic heterocycles. The Morgan fingerprint density at radius 3 is 2.67 bits per heavy atom. The van der Waals surface area contributed by atoms with Crippen molar-refractivity contribution in [1.82, 2.24) is 0 Å². The number of nitrogen functional groups attached to an aromatic ring is 1. The Balaban J connectivity index is 2.11. The molecule has 3 N–H and O–H groups in total. The average molecular weight is 245 g/mol. The second-order valence-corrected chi connectivity index (χ2v) is 5.17. The van der Waals surface area contributed by atoms with Gasteiger partial charge >= 0.3 is 0 Å². The Hall–Kier alpha value is -1.73. The SMILES string of the molecule is CN(CC1(O)CCCC1)c1ccc(C#N)c(N)c1. The third kappa shape index (κ3) is 2.57. The molecule has 1 aromatic rings. The lowest BCUT2D eigenvalue weighted by atomic mass is 10.0. The zero-order valence-corrected chi connectivity index (χ0v) is 10.7. The number of anilines is 2. The summed E-state index contributed by atoms with van der Waals surface area (Å²) in [7, 11) is 1.94. The maximum Gasteiger partial charge on any atom is 0.101 e. The Morgan fingerprint density at radius 2 is 2.11 bits per heavy atom. The molecule has 0 amide bonds. The molecule has 1 aliphatic rings. The Kier molecular flexibility index (Phi) is 3.44. The molecule has 1 aromatic carbocycles. The van der Waals surface area contributed by atoms with Crippen LogP contribution >= 0.6 is 0 Å². The molecule has 18 heavy (non-hydrogen) atoms. The van der Waals surface area contributed by atoms with E-state index in [1.165, 1.54) is 0 Å². The molecule has 0 aromatic heterocycles. The molecule has 4 heteroatoms. The van der Waals surface area contributed by atoms with Crippen LogP contribution in [0.5, 0.6) is 0 Å². The van der Waals surface area contributed by atoms with Gasteiger partial charge in [0.15, 0.2) is 0 Å². The number of aliphatic hydroxyl groups is 1. The van der Waals surface area contributed by atoms with E-state index in [1.54, 1.807) is 12.1 Å². The minimum Gasteiger partial charge on any atom is -0.398 e. The number of hydrogen-bond donors (Lipinski definition) is 2. The van der Waals surface area contributed by atoms with Crippen molar-refractivity contribution >= 4 is 11.4 Å². The molecule has 1 fully saturated rings. The lowest BCUT2D eigenvalue weighted by Gasteiger charge is -2.30. The van der Waals surface area contributed by atoms with Crippen LogP contribution in [0.2, 0.25) is 0 Å². The quantitative estimate of drug-likeness (QED) is 0.797. The van der Waals surface area contributed by atoms with Crippen molar-refractivity contribution in [3.8, 4) is 6.07 Å². The molecule has 0 spiro atoms. The smallest absolute Gasteiger partial charge is 0.101 e. The number of nitrogens with two attached hydrogens (primary N) is 1. The molecule has 0 bridgehead atoms. The molecule has 1 saturated carbocycles. The lowest BCUT2D eigenvalue weighted by molar-refractivity contribution is 0.0559. The van der Waals surface area contributed by atoms with Crippen molar-refractivity contribution in [1.29, 1.82) is 5.26 Å². The van der Waals surface area contributed by atoms with Crippen LogP contribution in [0, 0.1) is 11.3 Å². The van der Waals surface area contributed by atoms with Crippen molar-refractivity contribution in [2.45, 2.75) is 31.3 Å². The summed E-state index contributed by atoms with van der Waals surface area (Å²) in [5.41, 5.74) is 7.14. The minimum absolute atomic E-state index is 0.486. The standard InChI is InChI=1S/C14H19N3O/c1-17(10-14(18)6-2-3-7-14)12-5-4-11(9-15)13(16)8-12/h4-5,8,18H,2-3,6-7,10,16H2,1H3. The van der Waals surface area contributed by atoms with E-state index < -0.39 is 5.60 Å². The molecular weight excluding hydrogens is 226 g/mol. The van der Waals surface area contributed by atoms with Gasteiger partial charge in [-0.05, 0) is 31.0 Å². The van der Waals surface area contributed by atoms with Crippen molar-refractivity contribution < 1.29 is 5.11 Å². The lowest BCUT2D eigenvalue weighted by Crippen LogP contribution is -2.39. The second kappa shape index (κ2) is 4.87. The molecule has 0 heterocycles. The van der Waals surface area contributed by atoms with Crippen molar-refractivity contribution in [3.63, 3.8) is 0 Å². The summed E-state index contributed by atoms with van der Waals surface area (Å²) >= 11 is 0. The first-order chi connectivity index (χ1) is 8.54. The number of nitriles is 1. The fourth-order valence-corrected chi connectivity index (χ4v) is 2.61. The third-order valence-corrected chi connectivity index (χ3v) is 3.66. The summed E-state index contributed by atoms with van der Waals surface area (Å²) in [6, 6.07) is 7.43. The normalized spacial score (nSPS) is 17.4. The topological polar surface area (TPSA) is 73.3 Å². The summed E-state index contributed by atoms with van der Waals surface area (Å²) in [5, 5.41) is 19.2. The van der Waals surface area contributed by atoms with E-state index in [4.69, 9.17) is 11.0 Å². The molecule has 2 rings (SSSR count). The highest BCUT2D eigenvalue weighted by molar-refractivity contribution is 5.63. The van der Waals surface area contributed by atoms with Gasteiger partial charge in [-0.2, -0.15) is 5.26 Å². The molecule has 1 aliphatic carbocycles. The average Bonchev–Trinajstić information content (AvgIpc) is 2.75. The highest BCUT2D eigenvalue weighted by Crippen LogP contribution is 2.31. The van der Waals surface area contributed by atoms with Crippen LogP contribution in [-0.2, 0) is 0 Å². The van der Waals surface area contributed by atoms with Crippen LogP contribution in [0.1, 0.15) is 31.2 Å². The predicted molar refractivity (Wildman–Crippen MR) is 72.3 cm³/mol. The number of benzene rings is 1. The van der Waals surface area contributed by atoms with E-state index in [0.717, 1.165) is 31.4 Å². The summed E-state index contributed by atoms with van der Waals surface area (Å²) in [5.74, 6) is 0. The minimum atomic E-state index is -0.572. The maximum absolute atomic E-state index is 10.4. The number of likely N-dealkylation sites (N-methyl/N-ethyl adjacent to an activating group) is 1. The van der Waals surface area contributed by atoms with Crippen molar-refractivity contribution in [2.24, 2.45) is 0 Å². The molecule has 0 atom stereocenters. The van der Waals surface area contributed by atoms with Crippen LogP contribution in [0.4, 0.5) is 11.4 Å². The summed E-state index contributed by atoms with van der Waals surface area (Å²) in [6.07, 6.45) is 3.92. The second-order valence-electron chi connectivity index (χ2n) is 5.17. The van der Waals surface area contributed by atoms with E-state index >= 15 is 0 Å². The molecular formula is C14H19N3O. The van der Waals surface area contributed by atoms with Gasteiger partial charge in [-0.25, -0.2) is 0 Å². The van der Waals surface area contributed by atoms with Crippen molar-refractivity contribution in [3.05, 3.63) is 23.8 Å². The van der Waals surface area contributed by atoms with Gasteiger partial charge in [0.2, 0.25) is 0 Å². The predicted octanol–water partition coefficient (Wildman–Crippen LogP) is 1.88. The molecule has 0 radical (unpaired) electrons. The number of nitrogens with zero attached hydrogens (tertiary/aromatic N) is 2. The van der Waals surface area contributed by atoms with Gasteiger partial charge < -0.3 is 15.7 Å². The van der Waals surface area contributed by atoms with Gasteiger partial charge in [0.05, 0.1) is 16.9 Å². The first-order valence-electron chi connectivity index (χ1n) is 6.27. The van der Waals surface area contributed by atoms with Crippen LogP contribution < -0.4 is 10.6 Å². The van der Waals surface area contributed by atoms with Crippen molar-refractivity contribution in [2.75, 3.05) is 24.2 Å². The Bertz CT molecular complexity index is 472. The summed E-state index contributed by atoms with van der Waals surface area (Å²) < 4.78 is 0. The number of hydrogen-bond acceptors (Lipinski definition) is 4. The molecule has 4 nitrogen and oxygen atoms in total. The van der Waals surface area contributed by atoms with E-state index in [1.807, 2.05) is 24.1 Å². The van der Waals surface area contributed by atoms with Gasteiger partial charge in [0.25, 0.3) is 0 Å². The zero-order chi connectivity index (χ0) is 13.2. The highest BCUT2D eigenvalue weighted by Gasteiger charge is 2.32. The van der Waals surface area contributed by atoms with Gasteiger partial charge in [-0.1, -0.05) is 12.8 Å². The largest absolute Gasteiger partial charge is 0.398 e. The van der Waals surface area contributed by atoms with Crippen LogP contribution in [0.3, 0.4) is 0 Å². The fraction of sp³-hybridized carbons (Fsp3) is 0.500.